The molecule has 250 valence electrons. The van der Waals surface area contributed by atoms with Crippen molar-refractivity contribution in [2.75, 3.05) is 78.6 Å². The molecule has 2 aromatic rings. The van der Waals surface area contributed by atoms with E-state index in [1.807, 2.05) is 40.1 Å². The van der Waals surface area contributed by atoms with Crippen molar-refractivity contribution in [3.05, 3.63) is 62.1 Å². The van der Waals surface area contributed by atoms with Gasteiger partial charge >= 0.3 is 0 Å². The van der Waals surface area contributed by atoms with Crippen LogP contribution in [0.2, 0.25) is 0 Å². The molecule has 1 saturated heterocycles. The Morgan fingerprint density at radius 3 is 2.36 bits per heavy atom. The molecular weight excluding hydrogens is 566 g/mol. The van der Waals surface area contributed by atoms with Crippen molar-refractivity contribution in [2.45, 2.75) is 72.4 Å². The maximum absolute atomic E-state index is 11.7. The van der Waals surface area contributed by atoms with Gasteiger partial charge in [-0.25, -0.2) is 0 Å². The van der Waals surface area contributed by atoms with Crippen molar-refractivity contribution < 1.29 is 14.3 Å². The Morgan fingerprint density at radius 2 is 1.80 bits per heavy atom. The van der Waals surface area contributed by atoms with Crippen LogP contribution in [0.25, 0.3) is 0 Å². The lowest BCUT2D eigenvalue weighted by atomic mass is 9.92. The number of pyridine rings is 1. The number of hydrogen-bond donors (Lipinski definition) is 3. The summed E-state index contributed by atoms with van der Waals surface area (Å²) in [5, 5.41) is 5.91. The lowest BCUT2D eigenvalue weighted by Crippen LogP contribution is -2.37. The molecule has 2 fully saturated rings. The third-order valence-corrected chi connectivity index (χ3v) is 8.26. The molecule has 1 aromatic carbocycles. The number of anilines is 1. The van der Waals surface area contributed by atoms with E-state index >= 15 is 0 Å². The molecule has 1 aliphatic heterocycles. The number of benzene rings is 1. The molecule has 0 radical (unpaired) electrons. The van der Waals surface area contributed by atoms with Gasteiger partial charge in [-0.05, 0) is 84.0 Å². The van der Waals surface area contributed by atoms with E-state index in [2.05, 4.69) is 57.2 Å². The number of nitrogens with zero attached hydrogens (tertiary/aromatic N) is 2. The van der Waals surface area contributed by atoms with Crippen molar-refractivity contribution in [1.82, 2.24) is 20.5 Å². The summed E-state index contributed by atoms with van der Waals surface area (Å²) >= 11 is 0. The number of H-pyrrole nitrogens is 1. The summed E-state index contributed by atoms with van der Waals surface area (Å²) in [6.07, 6.45) is 7.42. The summed E-state index contributed by atoms with van der Waals surface area (Å²) in [7, 11) is 5.43. The van der Waals surface area contributed by atoms with E-state index in [9.17, 15) is 9.59 Å². The summed E-state index contributed by atoms with van der Waals surface area (Å²) in [6, 6.07) is 6.69. The van der Waals surface area contributed by atoms with E-state index < -0.39 is 0 Å². The number of carbonyl (C=O) groups is 1. The number of aryl methyl sites for hydroxylation is 2. The van der Waals surface area contributed by atoms with Crippen LogP contribution >= 0.6 is 0 Å². The monoisotopic (exact) mass is 623 g/mol. The zero-order chi connectivity index (χ0) is 33.0. The molecule has 45 heavy (non-hydrogen) atoms. The maximum Gasteiger partial charge on any atom is 0.252 e. The van der Waals surface area contributed by atoms with Crippen molar-refractivity contribution in [3.63, 3.8) is 0 Å². The Hall–Kier alpha value is -3.00. The second-order valence-corrected chi connectivity index (χ2v) is 11.7. The number of aromatic amines is 1. The van der Waals surface area contributed by atoms with Crippen LogP contribution in [0.15, 0.2) is 23.0 Å². The third kappa shape index (κ3) is 13.1. The summed E-state index contributed by atoms with van der Waals surface area (Å²) in [4.78, 5) is 30.6. The molecule has 1 saturated carbocycles. The summed E-state index contributed by atoms with van der Waals surface area (Å²) in [6.45, 7) is 15.7. The minimum atomic E-state index is 0.0156. The van der Waals surface area contributed by atoms with Crippen LogP contribution in [0.3, 0.4) is 0 Å². The maximum atomic E-state index is 11.7. The molecule has 0 bridgehead atoms. The van der Waals surface area contributed by atoms with E-state index in [1.165, 1.54) is 37.8 Å². The number of hydrogen-bond acceptors (Lipinski definition) is 8. The highest BCUT2D eigenvalue weighted by Crippen LogP contribution is 2.31. The van der Waals surface area contributed by atoms with E-state index in [4.69, 9.17) is 9.47 Å². The van der Waals surface area contributed by atoms with E-state index in [-0.39, 0.29) is 5.56 Å². The molecule has 2 aliphatic rings. The highest BCUT2D eigenvalue weighted by Gasteiger charge is 2.22. The first-order valence-electron chi connectivity index (χ1n) is 16.4. The Morgan fingerprint density at radius 1 is 1.09 bits per heavy atom. The van der Waals surface area contributed by atoms with Gasteiger partial charge in [-0.3, -0.25) is 14.5 Å². The zero-order valence-corrected chi connectivity index (χ0v) is 28.8. The Labute approximate surface area is 271 Å². The number of morpholine rings is 1. The lowest BCUT2D eigenvalue weighted by Gasteiger charge is -2.36. The molecule has 3 N–H and O–H groups in total. The lowest BCUT2D eigenvalue weighted by molar-refractivity contribution is 0.0443. The Kier molecular flexibility index (Phi) is 18.4. The van der Waals surface area contributed by atoms with Crippen molar-refractivity contribution >= 4 is 12.0 Å². The van der Waals surface area contributed by atoms with Gasteiger partial charge in [-0.1, -0.05) is 31.1 Å². The van der Waals surface area contributed by atoms with Crippen LogP contribution in [-0.4, -0.2) is 96.0 Å². The smallest absolute Gasteiger partial charge is 0.252 e. The molecule has 1 aliphatic carbocycles. The molecule has 9 heteroatoms. The minimum Gasteiger partial charge on any atom is -0.383 e. The van der Waals surface area contributed by atoms with Gasteiger partial charge < -0.3 is 30.0 Å². The Bertz CT molecular complexity index is 1270. The van der Waals surface area contributed by atoms with Crippen molar-refractivity contribution in [1.29, 1.82) is 0 Å². The molecular formula is C36H57N5O4. The standard InChI is InChI=1S/C23H32N2O2.C9H14N2O.C4H11NO/c1-3-25(22-9-5-4-6-10-22)23-17-20(16-21(18-26)19(23)2)8-7-11-24-12-14-27-15-13-24;1-6-4-7(2)11-9(12)8(6)5-10-3;1-5-3-4-6-2/h16-18,22H,3-6,9-15H2,1-2H3;4,10H,5H2,1-3H3,(H,11,12);5H,3-4H2,1-2H3. The molecule has 4 rings (SSSR count). The van der Waals surface area contributed by atoms with Gasteiger partial charge in [0.1, 0.15) is 6.29 Å². The summed E-state index contributed by atoms with van der Waals surface area (Å²) < 4.78 is 10.1. The first-order valence-corrected chi connectivity index (χ1v) is 16.4. The fourth-order valence-corrected chi connectivity index (χ4v) is 5.73. The second kappa shape index (κ2) is 21.7. The molecule has 0 unspecified atom stereocenters. The fraction of sp³-hybridized carbons (Fsp3) is 0.611. The molecule has 2 heterocycles. The molecule has 0 amide bonds. The molecule has 0 spiro atoms. The SMILES string of the molecule is CCN(c1cc(C#CCN2CCOCC2)cc(C=O)c1C)C1CCCCC1.CNCCOC.CNCc1c(C)cc(C)[nH]c1=O. The quantitative estimate of drug-likeness (QED) is 0.206. The molecule has 1 aromatic heterocycles. The van der Waals surface area contributed by atoms with Crippen LogP contribution < -0.4 is 21.1 Å². The van der Waals surface area contributed by atoms with E-state index in [0.717, 1.165) is 92.3 Å². The predicted molar refractivity (Wildman–Crippen MR) is 186 cm³/mol. The van der Waals surface area contributed by atoms with Crippen LogP contribution in [0.1, 0.15) is 77.3 Å². The average molecular weight is 624 g/mol. The number of methoxy groups -OCH3 is 1. The fourth-order valence-electron chi connectivity index (χ4n) is 5.73. The van der Waals surface area contributed by atoms with Gasteiger partial charge in [0.25, 0.3) is 5.56 Å². The van der Waals surface area contributed by atoms with Gasteiger partial charge in [0.15, 0.2) is 0 Å². The number of aromatic nitrogens is 1. The number of ether oxygens (including phenoxy) is 2. The second-order valence-electron chi connectivity index (χ2n) is 11.7. The first kappa shape index (κ1) is 38.2. The largest absolute Gasteiger partial charge is 0.383 e. The van der Waals surface area contributed by atoms with Gasteiger partial charge in [0, 0.05) is 73.9 Å². The third-order valence-electron chi connectivity index (χ3n) is 8.26. The van der Waals surface area contributed by atoms with Gasteiger partial charge in [0.2, 0.25) is 0 Å². The van der Waals surface area contributed by atoms with Gasteiger partial charge in [-0.2, -0.15) is 0 Å². The topological polar surface area (TPSA) is 98.9 Å². The van der Waals surface area contributed by atoms with E-state index in [1.54, 1.807) is 7.11 Å². The van der Waals surface area contributed by atoms with E-state index in [0.29, 0.717) is 12.6 Å². The van der Waals surface area contributed by atoms with Crippen molar-refractivity contribution in [2.24, 2.45) is 0 Å². The van der Waals surface area contributed by atoms with Gasteiger partial charge in [0.05, 0.1) is 26.4 Å². The first-order chi connectivity index (χ1) is 21.8. The highest BCUT2D eigenvalue weighted by molar-refractivity contribution is 5.82. The van der Waals surface area contributed by atoms with Crippen LogP contribution in [0.4, 0.5) is 5.69 Å². The number of aldehydes is 1. The van der Waals surface area contributed by atoms with Crippen LogP contribution in [0.5, 0.6) is 0 Å². The number of nitrogens with one attached hydrogen (secondary N) is 3. The predicted octanol–water partition coefficient (Wildman–Crippen LogP) is 4.21. The molecule has 0 atom stereocenters. The van der Waals surface area contributed by atoms with Crippen LogP contribution in [-0.2, 0) is 16.0 Å². The van der Waals surface area contributed by atoms with Crippen LogP contribution in [0, 0.1) is 32.6 Å². The minimum absolute atomic E-state index is 0.0156. The number of likely N-dealkylation sites (N-methyl/N-ethyl adjacent to an activating group) is 1. The highest BCUT2D eigenvalue weighted by atomic mass is 16.5. The number of rotatable bonds is 10. The van der Waals surface area contributed by atoms with Gasteiger partial charge in [-0.15, -0.1) is 0 Å². The molecule has 9 nitrogen and oxygen atoms in total. The Balaban J connectivity index is 0.000000322. The summed E-state index contributed by atoms with van der Waals surface area (Å²) in [5.74, 6) is 6.59. The normalized spacial score (nSPS) is 15.1. The van der Waals surface area contributed by atoms with Crippen molar-refractivity contribution in [3.8, 4) is 11.8 Å². The summed E-state index contributed by atoms with van der Waals surface area (Å²) in [5.41, 5.74) is 6.77. The number of carbonyl (C=O) groups excluding carboxylic acids is 1. The zero-order valence-electron chi connectivity index (χ0n) is 28.8. The average Bonchev–Trinajstić information content (AvgIpc) is 3.05.